The van der Waals surface area contributed by atoms with Gasteiger partial charge in [0.15, 0.2) is 0 Å². The maximum absolute atomic E-state index is 9.75. The molecule has 0 fully saturated rings. The van der Waals surface area contributed by atoms with Crippen LogP contribution in [0.25, 0.3) is 0 Å². The van der Waals surface area contributed by atoms with Crippen molar-refractivity contribution in [1.29, 1.82) is 5.26 Å². The quantitative estimate of drug-likeness (QED) is 0.675. The third-order valence-corrected chi connectivity index (χ3v) is 2.07. The van der Waals surface area contributed by atoms with E-state index in [-0.39, 0.29) is 5.92 Å². The second kappa shape index (κ2) is 4.35. The highest BCUT2D eigenvalue weighted by molar-refractivity contribution is 4.94. The average Bonchev–Trinajstić information content (AvgIpc) is 1.89. The second-order valence-electron chi connectivity index (χ2n) is 3.20. The highest BCUT2D eigenvalue weighted by Gasteiger charge is 2.29. The monoisotopic (exact) mass is 155 g/mol. The van der Waals surface area contributed by atoms with Gasteiger partial charge in [-0.2, -0.15) is 5.26 Å². The lowest BCUT2D eigenvalue weighted by Gasteiger charge is -2.26. The largest absolute Gasteiger partial charge is 0.389 e. The van der Waals surface area contributed by atoms with Crippen molar-refractivity contribution in [2.24, 2.45) is 5.92 Å². The summed E-state index contributed by atoms with van der Waals surface area (Å²) in [6.45, 7) is 5.68. The lowest BCUT2D eigenvalue weighted by molar-refractivity contribution is 0.0105. The zero-order valence-electron chi connectivity index (χ0n) is 7.59. The summed E-state index contributed by atoms with van der Waals surface area (Å²) in [5.41, 5.74) is -0.793. The molecule has 2 nitrogen and oxygen atoms in total. The Bertz CT molecular complexity index is 146. The van der Waals surface area contributed by atoms with Gasteiger partial charge < -0.3 is 5.11 Å². The van der Waals surface area contributed by atoms with Crippen LogP contribution in [-0.2, 0) is 0 Å². The molecule has 64 valence electrons. The van der Waals surface area contributed by atoms with Crippen molar-refractivity contribution < 1.29 is 5.11 Å². The Hall–Kier alpha value is -0.550. The lowest BCUT2D eigenvalue weighted by atomic mass is 9.85. The minimum absolute atomic E-state index is 0.220. The summed E-state index contributed by atoms with van der Waals surface area (Å²) >= 11 is 0. The first kappa shape index (κ1) is 10.4. The van der Waals surface area contributed by atoms with Crippen LogP contribution in [0.4, 0.5) is 0 Å². The van der Waals surface area contributed by atoms with E-state index in [1.54, 1.807) is 6.92 Å². The van der Waals surface area contributed by atoms with Gasteiger partial charge in [0.1, 0.15) is 0 Å². The molecule has 0 rings (SSSR count). The van der Waals surface area contributed by atoms with Gasteiger partial charge in [0.2, 0.25) is 0 Å². The van der Waals surface area contributed by atoms with Crippen LogP contribution in [0.5, 0.6) is 0 Å². The molecular weight excluding hydrogens is 138 g/mol. The third-order valence-electron chi connectivity index (χ3n) is 2.07. The minimum Gasteiger partial charge on any atom is -0.389 e. The van der Waals surface area contributed by atoms with E-state index in [1.165, 1.54) is 0 Å². The maximum Gasteiger partial charge on any atom is 0.0777 e. The summed E-state index contributed by atoms with van der Waals surface area (Å²) in [5.74, 6) is -0.220. The molecule has 0 aliphatic rings. The number of nitrogens with zero attached hydrogens (tertiary/aromatic N) is 1. The van der Waals surface area contributed by atoms with Crippen molar-refractivity contribution in [3.05, 3.63) is 0 Å². The zero-order valence-corrected chi connectivity index (χ0v) is 7.59. The molecule has 0 aliphatic carbocycles. The molecule has 1 N–H and O–H groups in total. The fraction of sp³-hybridized carbons (Fsp3) is 0.889. The summed E-state index contributed by atoms with van der Waals surface area (Å²) in [7, 11) is 0. The first-order chi connectivity index (χ1) is 5.08. The van der Waals surface area contributed by atoms with Crippen LogP contribution < -0.4 is 0 Å². The Morgan fingerprint density at radius 3 is 2.36 bits per heavy atom. The normalized spacial score (nSPS) is 18.5. The molecule has 2 unspecified atom stereocenters. The van der Waals surface area contributed by atoms with Crippen LogP contribution in [-0.4, -0.2) is 10.7 Å². The number of aliphatic hydroxyl groups is 1. The van der Waals surface area contributed by atoms with E-state index in [2.05, 4.69) is 6.07 Å². The van der Waals surface area contributed by atoms with Gasteiger partial charge in [0, 0.05) is 0 Å². The Morgan fingerprint density at radius 1 is 1.55 bits per heavy atom. The smallest absolute Gasteiger partial charge is 0.0777 e. The van der Waals surface area contributed by atoms with Crippen molar-refractivity contribution in [2.45, 2.75) is 45.6 Å². The number of hydrogen-bond acceptors (Lipinski definition) is 2. The predicted molar refractivity (Wildman–Crippen MR) is 44.9 cm³/mol. The summed E-state index contributed by atoms with van der Waals surface area (Å²) in [5, 5.41) is 18.4. The highest BCUT2D eigenvalue weighted by Crippen LogP contribution is 2.24. The third kappa shape index (κ3) is 2.90. The van der Waals surface area contributed by atoms with E-state index in [9.17, 15) is 5.11 Å². The molecule has 0 saturated carbocycles. The molecule has 11 heavy (non-hydrogen) atoms. The average molecular weight is 155 g/mol. The lowest BCUT2D eigenvalue weighted by Crippen LogP contribution is -2.32. The Balaban J connectivity index is 4.15. The summed E-state index contributed by atoms with van der Waals surface area (Å²) in [6, 6.07) is 2.13. The van der Waals surface area contributed by atoms with Crippen molar-refractivity contribution in [3.63, 3.8) is 0 Å². The fourth-order valence-electron chi connectivity index (χ4n) is 1.35. The van der Waals surface area contributed by atoms with Gasteiger partial charge in [-0.05, 0) is 19.8 Å². The molecule has 0 aromatic rings. The standard InChI is InChI=1S/C9H17NO/c1-4-6-9(3,11)8(5-2)7-10/h8,11H,4-6H2,1-3H3. The number of nitriles is 1. The molecule has 0 radical (unpaired) electrons. The second-order valence-corrected chi connectivity index (χ2v) is 3.20. The molecule has 0 aliphatic heterocycles. The van der Waals surface area contributed by atoms with E-state index in [4.69, 9.17) is 5.26 Å². The molecule has 0 saturated heterocycles. The van der Waals surface area contributed by atoms with Crippen molar-refractivity contribution in [2.75, 3.05) is 0 Å². The van der Waals surface area contributed by atoms with Gasteiger partial charge in [-0.15, -0.1) is 0 Å². The van der Waals surface area contributed by atoms with E-state index in [0.29, 0.717) is 6.42 Å². The molecular formula is C9H17NO. The van der Waals surface area contributed by atoms with Gasteiger partial charge in [-0.1, -0.05) is 20.3 Å². The Morgan fingerprint density at radius 2 is 2.09 bits per heavy atom. The number of rotatable bonds is 4. The van der Waals surface area contributed by atoms with E-state index >= 15 is 0 Å². The van der Waals surface area contributed by atoms with Crippen LogP contribution in [0.3, 0.4) is 0 Å². The SMILES string of the molecule is CCCC(C)(O)C(C#N)CC. The van der Waals surface area contributed by atoms with Gasteiger partial charge in [0.05, 0.1) is 17.6 Å². The Labute approximate surface area is 68.8 Å². The predicted octanol–water partition coefficient (Wildman–Crippen LogP) is 2.09. The molecule has 0 aromatic carbocycles. The highest BCUT2D eigenvalue weighted by atomic mass is 16.3. The van der Waals surface area contributed by atoms with Gasteiger partial charge >= 0.3 is 0 Å². The Kier molecular flexibility index (Phi) is 4.14. The van der Waals surface area contributed by atoms with Crippen LogP contribution in [0.15, 0.2) is 0 Å². The van der Waals surface area contributed by atoms with Crippen LogP contribution in [0, 0.1) is 17.2 Å². The summed E-state index contributed by atoms with van der Waals surface area (Å²) in [4.78, 5) is 0. The van der Waals surface area contributed by atoms with Crippen LogP contribution >= 0.6 is 0 Å². The molecule has 2 atom stereocenters. The number of hydrogen-bond donors (Lipinski definition) is 1. The molecule has 0 amide bonds. The van der Waals surface area contributed by atoms with Crippen molar-refractivity contribution in [1.82, 2.24) is 0 Å². The fourth-order valence-corrected chi connectivity index (χ4v) is 1.35. The summed E-state index contributed by atoms with van der Waals surface area (Å²) in [6.07, 6.45) is 2.35. The van der Waals surface area contributed by atoms with Gasteiger partial charge in [0.25, 0.3) is 0 Å². The first-order valence-electron chi connectivity index (χ1n) is 4.20. The molecule has 2 heteroatoms. The van der Waals surface area contributed by atoms with Crippen molar-refractivity contribution >= 4 is 0 Å². The molecule has 0 spiro atoms. The minimum atomic E-state index is -0.793. The van der Waals surface area contributed by atoms with E-state index < -0.39 is 5.60 Å². The van der Waals surface area contributed by atoms with E-state index in [0.717, 1.165) is 12.8 Å². The zero-order chi connectivity index (χ0) is 8.91. The van der Waals surface area contributed by atoms with Gasteiger partial charge in [-0.3, -0.25) is 0 Å². The molecule has 0 bridgehead atoms. The van der Waals surface area contributed by atoms with Crippen LogP contribution in [0.2, 0.25) is 0 Å². The van der Waals surface area contributed by atoms with Crippen LogP contribution in [0.1, 0.15) is 40.0 Å². The molecule has 0 aromatic heterocycles. The topological polar surface area (TPSA) is 44.0 Å². The summed E-state index contributed by atoms with van der Waals surface area (Å²) < 4.78 is 0. The maximum atomic E-state index is 9.75. The first-order valence-corrected chi connectivity index (χ1v) is 4.20. The van der Waals surface area contributed by atoms with Gasteiger partial charge in [-0.25, -0.2) is 0 Å². The van der Waals surface area contributed by atoms with E-state index in [1.807, 2.05) is 13.8 Å². The van der Waals surface area contributed by atoms with Crippen molar-refractivity contribution in [3.8, 4) is 6.07 Å². The molecule has 0 heterocycles.